The molecule has 2 fully saturated rings. The maximum Gasteiger partial charge on any atom is 0.317 e. The van der Waals surface area contributed by atoms with Crippen molar-refractivity contribution in [1.82, 2.24) is 15.5 Å². The van der Waals surface area contributed by atoms with Crippen LogP contribution in [0.5, 0.6) is 0 Å². The van der Waals surface area contributed by atoms with E-state index in [1.807, 2.05) is 30.0 Å². The molecule has 3 amide bonds. The van der Waals surface area contributed by atoms with Gasteiger partial charge in [0.2, 0.25) is 5.91 Å². The number of urea groups is 1. The quantitative estimate of drug-likeness (QED) is 0.612. The van der Waals surface area contributed by atoms with E-state index in [9.17, 15) is 9.59 Å². The largest absolute Gasteiger partial charge is 0.483 e. The average Bonchev–Trinajstić information content (AvgIpc) is 2.78. The van der Waals surface area contributed by atoms with E-state index in [2.05, 4.69) is 22.8 Å². The lowest BCUT2D eigenvalue weighted by atomic mass is 9.81. The minimum Gasteiger partial charge on any atom is -0.483 e. The van der Waals surface area contributed by atoms with Gasteiger partial charge in [-0.05, 0) is 37.7 Å². The molecule has 1 heterocycles. The van der Waals surface area contributed by atoms with E-state index in [0.717, 1.165) is 25.7 Å². The summed E-state index contributed by atoms with van der Waals surface area (Å²) in [6, 6.07) is 10.1. The Morgan fingerprint density at radius 1 is 1.20 bits per heavy atom. The first-order valence-corrected chi connectivity index (χ1v) is 10.7. The Morgan fingerprint density at radius 2 is 1.93 bits per heavy atom. The summed E-state index contributed by atoms with van der Waals surface area (Å²) in [6.07, 6.45) is 4.15. The van der Waals surface area contributed by atoms with Crippen LogP contribution in [0.2, 0.25) is 0 Å². The summed E-state index contributed by atoms with van der Waals surface area (Å²) < 4.78 is 5.89. The van der Waals surface area contributed by atoms with Gasteiger partial charge >= 0.3 is 6.03 Å². The topological polar surface area (TPSA) is 108 Å². The van der Waals surface area contributed by atoms with Crippen LogP contribution in [0.3, 0.4) is 0 Å². The smallest absolute Gasteiger partial charge is 0.317 e. The molecule has 0 radical (unpaired) electrons. The molecule has 3 atom stereocenters. The first-order chi connectivity index (χ1) is 14.6. The van der Waals surface area contributed by atoms with Crippen molar-refractivity contribution in [3.05, 3.63) is 35.9 Å². The van der Waals surface area contributed by atoms with Gasteiger partial charge in [-0.25, -0.2) is 4.79 Å². The highest BCUT2D eigenvalue weighted by molar-refractivity contribution is 5.79. The highest BCUT2D eigenvalue weighted by atomic mass is 16.5. The van der Waals surface area contributed by atoms with E-state index in [0.29, 0.717) is 32.7 Å². The Balaban J connectivity index is 0.00000101. The van der Waals surface area contributed by atoms with Crippen LogP contribution in [0, 0.1) is 5.92 Å². The van der Waals surface area contributed by atoms with E-state index < -0.39 is 0 Å². The number of carboxylic acid groups (broad SMARTS) is 1. The van der Waals surface area contributed by atoms with Gasteiger partial charge in [-0.3, -0.25) is 9.59 Å². The number of nitrogens with zero attached hydrogens (tertiary/aromatic N) is 1. The van der Waals surface area contributed by atoms with Gasteiger partial charge in [0, 0.05) is 25.6 Å². The SMILES string of the molecule is CCCNC(=O)[C@H]1CC[C@H]2OCCN(C(=O)NCCc3ccccc3)[C@@H]2C1.O=CO. The molecule has 1 aliphatic carbocycles. The minimum atomic E-state index is -0.250. The van der Waals surface area contributed by atoms with Gasteiger partial charge < -0.3 is 25.4 Å². The van der Waals surface area contributed by atoms with Gasteiger partial charge in [-0.2, -0.15) is 0 Å². The van der Waals surface area contributed by atoms with Gasteiger partial charge in [0.15, 0.2) is 0 Å². The number of hydrogen-bond acceptors (Lipinski definition) is 4. The number of carbonyl (C=O) groups excluding carboxylic acids is 2. The molecule has 3 rings (SSSR count). The molecule has 2 aliphatic rings. The zero-order chi connectivity index (χ0) is 21.8. The van der Waals surface area contributed by atoms with Crippen molar-refractivity contribution in [3.8, 4) is 0 Å². The van der Waals surface area contributed by atoms with Gasteiger partial charge in [0.1, 0.15) is 0 Å². The molecule has 3 N–H and O–H groups in total. The Kier molecular flexibility index (Phi) is 10.1. The maximum absolute atomic E-state index is 12.8. The van der Waals surface area contributed by atoms with Crippen LogP contribution >= 0.6 is 0 Å². The molecule has 0 spiro atoms. The van der Waals surface area contributed by atoms with Gasteiger partial charge in [0.25, 0.3) is 6.47 Å². The molecule has 8 nitrogen and oxygen atoms in total. The van der Waals surface area contributed by atoms with E-state index in [-0.39, 0.29) is 36.5 Å². The van der Waals surface area contributed by atoms with Crippen molar-refractivity contribution in [1.29, 1.82) is 0 Å². The fourth-order valence-corrected chi connectivity index (χ4v) is 4.05. The Bertz CT molecular complexity index is 670. The monoisotopic (exact) mass is 419 g/mol. The number of nitrogens with one attached hydrogen (secondary N) is 2. The standard InChI is InChI=1S/C21H31N3O3.CH2O2/c1-2-11-22-20(25)17-8-9-19-18(15-17)24(13-14-27-19)21(26)23-12-10-16-6-4-3-5-7-16;2-1-3/h3-7,17-19H,2,8-15H2,1H3,(H,22,25)(H,23,26);1H,(H,2,3)/t17-,18+,19+;/m0./s1. The van der Waals surface area contributed by atoms with Crippen molar-refractivity contribution < 1.29 is 24.2 Å². The Morgan fingerprint density at radius 3 is 2.63 bits per heavy atom. The molecule has 1 saturated heterocycles. The molecule has 1 aliphatic heterocycles. The highest BCUT2D eigenvalue weighted by Gasteiger charge is 2.41. The van der Waals surface area contributed by atoms with Crippen LogP contribution in [-0.4, -0.2) is 66.8 Å². The van der Waals surface area contributed by atoms with Crippen LogP contribution in [0.15, 0.2) is 30.3 Å². The third-order valence-electron chi connectivity index (χ3n) is 5.53. The van der Waals surface area contributed by atoms with Crippen molar-refractivity contribution in [2.24, 2.45) is 5.92 Å². The predicted octanol–water partition coefficient (Wildman–Crippen LogP) is 2.04. The molecule has 0 bridgehead atoms. The first kappa shape index (κ1) is 23.7. The van der Waals surface area contributed by atoms with Gasteiger partial charge in [0.05, 0.1) is 18.8 Å². The Hall–Kier alpha value is -2.61. The maximum atomic E-state index is 12.8. The zero-order valence-electron chi connectivity index (χ0n) is 17.6. The normalized spacial score (nSPS) is 22.7. The second-order valence-corrected chi connectivity index (χ2v) is 7.54. The number of ether oxygens (including phenoxy) is 1. The van der Waals surface area contributed by atoms with Crippen molar-refractivity contribution in [2.75, 3.05) is 26.2 Å². The summed E-state index contributed by atoms with van der Waals surface area (Å²) in [5, 5.41) is 12.9. The fourth-order valence-electron chi connectivity index (χ4n) is 4.05. The summed E-state index contributed by atoms with van der Waals surface area (Å²) in [5.74, 6) is 0.0874. The Labute approximate surface area is 178 Å². The molecular weight excluding hydrogens is 386 g/mol. The lowest BCUT2D eigenvalue weighted by molar-refractivity contribution is -0.131. The average molecular weight is 420 g/mol. The van der Waals surface area contributed by atoms with Crippen molar-refractivity contribution in [2.45, 2.75) is 51.2 Å². The number of morpholine rings is 1. The molecule has 8 heteroatoms. The molecule has 1 aromatic carbocycles. The minimum absolute atomic E-state index is 0.0124. The number of benzene rings is 1. The van der Waals surface area contributed by atoms with E-state index in [1.54, 1.807) is 0 Å². The number of carbonyl (C=O) groups is 3. The summed E-state index contributed by atoms with van der Waals surface area (Å²) >= 11 is 0. The molecule has 0 aromatic heterocycles. The molecule has 30 heavy (non-hydrogen) atoms. The van der Waals surface area contributed by atoms with Crippen LogP contribution in [0.1, 0.15) is 38.2 Å². The molecule has 0 unspecified atom stereocenters. The van der Waals surface area contributed by atoms with Gasteiger partial charge in [-0.1, -0.05) is 37.3 Å². The zero-order valence-corrected chi connectivity index (χ0v) is 17.6. The first-order valence-electron chi connectivity index (χ1n) is 10.7. The van der Waals surface area contributed by atoms with E-state index >= 15 is 0 Å². The summed E-state index contributed by atoms with van der Waals surface area (Å²) in [5.41, 5.74) is 1.21. The number of rotatable bonds is 6. The van der Waals surface area contributed by atoms with Crippen LogP contribution in [0.4, 0.5) is 4.79 Å². The van der Waals surface area contributed by atoms with Crippen LogP contribution in [-0.2, 0) is 20.7 Å². The summed E-state index contributed by atoms with van der Waals surface area (Å²) in [6.45, 7) is 4.27. The lowest BCUT2D eigenvalue weighted by Crippen LogP contribution is -2.59. The lowest BCUT2D eigenvalue weighted by Gasteiger charge is -2.45. The van der Waals surface area contributed by atoms with E-state index in [1.165, 1.54) is 5.56 Å². The number of fused-ring (bicyclic) bond motifs is 1. The third-order valence-corrected chi connectivity index (χ3v) is 5.53. The molecule has 1 aromatic rings. The molecule has 1 saturated carbocycles. The van der Waals surface area contributed by atoms with Crippen LogP contribution in [0.25, 0.3) is 0 Å². The van der Waals surface area contributed by atoms with E-state index in [4.69, 9.17) is 14.6 Å². The summed E-state index contributed by atoms with van der Waals surface area (Å²) in [7, 11) is 0. The summed E-state index contributed by atoms with van der Waals surface area (Å²) in [4.78, 5) is 35.4. The molecular formula is C22H33N3O5. The molecule has 166 valence electrons. The second-order valence-electron chi connectivity index (χ2n) is 7.54. The fraction of sp³-hybridized carbons (Fsp3) is 0.591. The second kappa shape index (κ2) is 12.8. The van der Waals surface area contributed by atoms with Crippen molar-refractivity contribution >= 4 is 18.4 Å². The highest BCUT2D eigenvalue weighted by Crippen LogP contribution is 2.32. The number of hydrogen-bond donors (Lipinski definition) is 3. The van der Waals surface area contributed by atoms with Gasteiger partial charge in [-0.15, -0.1) is 0 Å². The van der Waals surface area contributed by atoms with Crippen molar-refractivity contribution in [3.63, 3.8) is 0 Å². The predicted molar refractivity (Wildman–Crippen MR) is 113 cm³/mol. The third kappa shape index (κ3) is 7.02. The van der Waals surface area contributed by atoms with Crippen LogP contribution < -0.4 is 10.6 Å². The number of amides is 3.